The zero-order valence-corrected chi connectivity index (χ0v) is 13.0. The zero-order chi connectivity index (χ0) is 16.7. The highest BCUT2D eigenvalue weighted by Crippen LogP contribution is 2.13. The van der Waals surface area contributed by atoms with Gasteiger partial charge in [0.2, 0.25) is 0 Å². The van der Waals surface area contributed by atoms with E-state index in [9.17, 15) is 9.59 Å². The third-order valence-corrected chi connectivity index (χ3v) is 3.30. The molecule has 4 nitrogen and oxygen atoms in total. The van der Waals surface area contributed by atoms with Gasteiger partial charge in [-0.25, -0.2) is 4.79 Å². The van der Waals surface area contributed by atoms with E-state index in [0.717, 1.165) is 11.1 Å². The number of amides is 1. The third-order valence-electron chi connectivity index (χ3n) is 3.30. The van der Waals surface area contributed by atoms with Crippen molar-refractivity contribution < 1.29 is 14.3 Å². The molecule has 0 fully saturated rings. The fourth-order valence-corrected chi connectivity index (χ4v) is 2.04. The van der Waals surface area contributed by atoms with Gasteiger partial charge in [0.15, 0.2) is 0 Å². The summed E-state index contributed by atoms with van der Waals surface area (Å²) in [4.78, 5) is 23.6. The van der Waals surface area contributed by atoms with E-state index in [0.29, 0.717) is 24.3 Å². The number of benzene rings is 2. The first kappa shape index (κ1) is 16.5. The average Bonchev–Trinajstić information content (AvgIpc) is 2.60. The number of rotatable bonds is 6. The smallest absolute Gasteiger partial charge is 0.338 e. The fourth-order valence-electron chi connectivity index (χ4n) is 2.04. The first-order valence-corrected chi connectivity index (χ1v) is 7.40. The number of hydrogen-bond acceptors (Lipinski definition) is 3. The van der Waals surface area contributed by atoms with Gasteiger partial charge in [-0.2, -0.15) is 0 Å². The molecule has 0 unspecified atom stereocenters. The Morgan fingerprint density at radius 2 is 1.57 bits per heavy atom. The van der Waals surface area contributed by atoms with Crippen LogP contribution in [0.4, 0.5) is 0 Å². The molecule has 2 rings (SSSR count). The molecule has 0 spiro atoms. The molecule has 0 heterocycles. The summed E-state index contributed by atoms with van der Waals surface area (Å²) in [5.41, 5.74) is 2.74. The molecule has 2 aromatic rings. The number of hydrogen-bond donors (Lipinski definition) is 1. The number of esters is 1. The summed E-state index contributed by atoms with van der Waals surface area (Å²) in [7, 11) is 0. The molecule has 0 aromatic heterocycles. The predicted octanol–water partition coefficient (Wildman–Crippen LogP) is 3.31. The number of nitrogens with one attached hydrogen (secondary N) is 1. The van der Waals surface area contributed by atoms with Crippen molar-refractivity contribution in [3.8, 4) is 0 Å². The lowest BCUT2D eigenvalue weighted by Crippen LogP contribution is -2.24. The van der Waals surface area contributed by atoms with Crippen molar-refractivity contribution in [1.82, 2.24) is 5.32 Å². The number of carbonyl (C=O) groups is 2. The Kier molecular flexibility index (Phi) is 5.69. The van der Waals surface area contributed by atoms with Gasteiger partial charge in [-0.3, -0.25) is 4.79 Å². The van der Waals surface area contributed by atoms with Crippen LogP contribution in [-0.4, -0.2) is 25.0 Å². The second-order valence-corrected chi connectivity index (χ2v) is 4.95. The van der Waals surface area contributed by atoms with Crippen LogP contribution in [0, 0.1) is 0 Å². The summed E-state index contributed by atoms with van der Waals surface area (Å²) in [5.74, 6) is -0.489. The van der Waals surface area contributed by atoms with Crippen molar-refractivity contribution in [1.29, 1.82) is 0 Å². The van der Waals surface area contributed by atoms with Crippen LogP contribution in [0.2, 0.25) is 0 Å². The number of carbonyl (C=O) groups excluding carboxylic acids is 2. The molecule has 0 saturated carbocycles. The minimum absolute atomic E-state index is 0.144. The maximum absolute atomic E-state index is 12.0. The topological polar surface area (TPSA) is 55.4 Å². The van der Waals surface area contributed by atoms with Gasteiger partial charge >= 0.3 is 5.97 Å². The van der Waals surface area contributed by atoms with Gasteiger partial charge in [-0.05, 0) is 42.3 Å². The van der Waals surface area contributed by atoms with Gasteiger partial charge in [0.1, 0.15) is 0 Å². The molecule has 1 amide bonds. The van der Waals surface area contributed by atoms with Crippen LogP contribution in [0.25, 0.3) is 5.57 Å². The van der Waals surface area contributed by atoms with E-state index in [4.69, 9.17) is 4.74 Å². The summed E-state index contributed by atoms with van der Waals surface area (Å²) < 4.78 is 4.94. The van der Waals surface area contributed by atoms with Crippen molar-refractivity contribution in [2.75, 3.05) is 13.2 Å². The van der Waals surface area contributed by atoms with E-state index < -0.39 is 0 Å². The van der Waals surface area contributed by atoms with Crippen molar-refractivity contribution in [2.24, 2.45) is 0 Å². The Labute approximate surface area is 135 Å². The molecule has 4 heteroatoms. The van der Waals surface area contributed by atoms with E-state index >= 15 is 0 Å². The molecular formula is C19H19NO3. The molecular weight excluding hydrogens is 290 g/mol. The highest BCUT2D eigenvalue weighted by Gasteiger charge is 2.08. The van der Waals surface area contributed by atoms with E-state index in [-0.39, 0.29) is 11.9 Å². The normalized spacial score (nSPS) is 9.96. The van der Waals surface area contributed by atoms with E-state index in [1.54, 1.807) is 43.3 Å². The Bertz CT molecular complexity index is 690. The first-order chi connectivity index (χ1) is 11.1. The van der Waals surface area contributed by atoms with Crippen molar-refractivity contribution in [2.45, 2.75) is 6.92 Å². The van der Waals surface area contributed by atoms with Gasteiger partial charge in [0, 0.05) is 12.1 Å². The van der Waals surface area contributed by atoms with E-state index in [2.05, 4.69) is 11.9 Å². The van der Waals surface area contributed by atoms with Crippen LogP contribution in [0.1, 0.15) is 33.2 Å². The standard InChI is InChI=1S/C19H19NO3/c1-3-23-19(22)17-11-9-15(10-12-17)14(2)13-20-18(21)16-7-5-4-6-8-16/h4-12H,2-3,13H2,1H3,(H,20,21). The highest BCUT2D eigenvalue weighted by molar-refractivity contribution is 5.95. The van der Waals surface area contributed by atoms with Crippen LogP contribution in [0.15, 0.2) is 61.2 Å². The van der Waals surface area contributed by atoms with E-state index in [1.807, 2.05) is 18.2 Å². The minimum atomic E-state index is -0.345. The fraction of sp³-hybridized carbons (Fsp3) is 0.158. The lowest BCUT2D eigenvalue weighted by molar-refractivity contribution is 0.0526. The van der Waals surface area contributed by atoms with Gasteiger partial charge in [0.05, 0.1) is 12.2 Å². The van der Waals surface area contributed by atoms with Crippen molar-refractivity contribution in [3.63, 3.8) is 0 Å². The zero-order valence-electron chi connectivity index (χ0n) is 13.0. The predicted molar refractivity (Wildman–Crippen MR) is 90.2 cm³/mol. The third kappa shape index (κ3) is 4.54. The van der Waals surface area contributed by atoms with Crippen LogP contribution in [0.5, 0.6) is 0 Å². The van der Waals surface area contributed by atoms with Crippen LogP contribution in [-0.2, 0) is 4.74 Å². The van der Waals surface area contributed by atoms with Crippen LogP contribution < -0.4 is 5.32 Å². The van der Waals surface area contributed by atoms with Gasteiger partial charge in [0.25, 0.3) is 5.91 Å². The Morgan fingerprint density at radius 1 is 0.957 bits per heavy atom. The highest BCUT2D eigenvalue weighted by atomic mass is 16.5. The molecule has 2 aromatic carbocycles. The average molecular weight is 309 g/mol. The Hall–Kier alpha value is -2.88. The maximum atomic E-state index is 12.0. The molecule has 118 valence electrons. The summed E-state index contributed by atoms with van der Waals surface area (Å²) >= 11 is 0. The van der Waals surface area contributed by atoms with E-state index in [1.165, 1.54) is 0 Å². The molecule has 0 aliphatic carbocycles. The monoisotopic (exact) mass is 309 g/mol. The largest absolute Gasteiger partial charge is 0.462 e. The lowest BCUT2D eigenvalue weighted by Gasteiger charge is -2.09. The molecule has 0 bridgehead atoms. The second kappa shape index (κ2) is 7.94. The SMILES string of the molecule is C=C(CNC(=O)c1ccccc1)c1ccc(C(=O)OCC)cc1. The summed E-state index contributed by atoms with van der Waals surface area (Å²) in [6.45, 7) is 6.42. The summed E-state index contributed by atoms with van der Waals surface area (Å²) in [5, 5.41) is 2.82. The molecule has 0 radical (unpaired) electrons. The lowest BCUT2D eigenvalue weighted by atomic mass is 10.1. The molecule has 23 heavy (non-hydrogen) atoms. The minimum Gasteiger partial charge on any atom is -0.462 e. The Morgan fingerprint density at radius 3 is 2.17 bits per heavy atom. The number of ether oxygens (including phenoxy) is 1. The first-order valence-electron chi connectivity index (χ1n) is 7.40. The van der Waals surface area contributed by atoms with Gasteiger partial charge in [-0.1, -0.05) is 36.9 Å². The summed E-state index contributed by atoms with van der Waals surface area (Å²) in [6.07, 6.45) is 0. The maximum Gasteiger partial charge on any atom is 0.338 e. The second-order valence-electron chi connectivity index (χ2n) is 4.95. The van der Waals surface area contributed by atoms with Gasteiger partial charge < -0.3 is 10.1 Å². The molecule has 0 aliphatic heterocycles. The Balaban J connectivity index is 1.93. The van der Waals surface area contributed by atoms with Crippen molar-refractivity contribution in [3.05, 3.63) is 77.9 Å². The quantitative estimate of drug-likeness (QED) is 0.833. The van der Waals surface area contributed by atoms with Crippen LogP contribution in [0.3, 0.4) is 0 Å². The molecule has 0 aliphatic rings. The molecule has 0 saturated heterocycles. The van der Waals surface area contributed by atoms with Crippen molar-refractivity contribution >= 4 is 17.4 Å². The molecule has 1 N–H and O–H groups in total. The molecule has 0 atom stereocenters. The van der Waals surface area contributed by atoms with Gasteiger partial charge in [-0.15, -0.1) is 0 Å². The summed E-state index contributed by atoms with van der Waals surface area (Å²) in [6, 6.07) is 16.0. The van der Waals surface area contributed by atoms with Crippen LogP contribution >= 0.6 is 0 Å².